The van der Waals surface area contributed by atoms with Crippen molar-refractivity contribution in [3.63, 3.8) is 0 Å². The van der Waals surface area contributed by atoms with E-state index in [2.05, 4.69) is 5.32 Å². The Bertz CT molecular complexity index is 207. The molecular weight excluding hydrogens is 170 g/mol. The van der Waals surface area contributed by atoms with Crippen molar-refractivity contribution in [2.24, 2.45) is 5.41 Å². The molecule has 0 aromatic carbocycles. The van der Waals surface area contributed by atoms with Crippen LogP contribution in [-0.4, -0.2) is 18.1 Å². The molecule has 1 N–H and O–H groups in total. The van der Waals surface area contributed by atoms with E-state index in [1.54, 1.807) is 17.8 Å². The maximum Gasteiger partial charge on any atom is 0.163 e. The van der Waals surface area contributed by atoms with Gasteiger partial charge in [0.05, 0.1) is 5.03 Å². The Morgan fingerprint density at radius 3 is 2.67 bits per heavy atom. The number of nitrogens with one attached hydrogen (secondary N) is 1. The van der Waals surface area contributed by atoms with E-state index in [1.165, 1.54) is 0 Å². The Hall–Kier alpha value is -0.440. The Kier molecular flexibility index (Phi) is 2.83. The van der Waals surface area contributed by atoms with Crippen LogP contribution in [0, 0.1) is 5.41 Å². The average molecular weight is 185 g/mol. The van der Waals surface area contributed by atoms with E-state index in [1.807, 2.05) is 20.8 Å². The molecule has 0 saturated carbocycles. The Morgan fingerprint density at radius 1 is 1.58 bits per heavy atom. The topological polar surface area (TPSA) is 29.1 Å². The van der Waals surface area contributed by atoms with E-state index in [9.17, 15) is 4.79 Å². The van der Waals surface area contributed by atoms with Crippen LogP contribution in [0.15, 0.2) is 11.1 Å². The van der Waals surface area contributed by atoms with Crippen LogP contribution in [0.3, 0.4) is 0 Å². The van der Waals surface area contributed by atoms with Crippen LogP contribution in [0.1, 0.15) is 20.8 Å². The summed E-state index contributed by atoms with van der Waals surface area (Å²) in [6.45, 7) is 6.79. The molecule has 12 heavy (non-hydrogen) atoms. The molecule has 0 bridgehead atoms. The molecule has 1 aliphatic rings. The number of ketones is 1. The molecule has 0 aliphatic carbocycles. The van der Waals surface area contributed by atoms with Gasteiger partial charge < -0.3 is 5.32 Å². The van der Waals surface area contributed by atoms with Gasteiger partial charge in [0, 0.05) is 23.8 Å². The fourth-order valence-electron chi connectivity index (χ4n) is 0.815. The second kappa shape index (κ2) is 3.52. The zero-order chi connectivity index (χ0) is 9.19. The first kappa shape index (κ1) is 9.65. The highest BCUT2D eigenvalue weighted by molar-refractivity contribution is 8.03. The van der Waals surface area contributed by atoms with Gasteiger partial charge in [-0.15, -0.1) is 11.8 Å². The lowest BCUT2D eigenvalue weighted by molar-refractivity contribution is -0.121. The summed E-state index contributed by atoms with van der Waals surface area (Å²) in [4.78, 5) is 11.5. The molecule has 0 amide bonds. The van der Waals surface area contributed by atoms with Gasteiger partial charge in [0.1, 0.15) is 0 Å². The van der Waals surface area contributed by atoms with Crippen LogP contribution in [0.2, 0.25) is 0 Å². The summed E-state index contributed by atoms with van der Waals surface area (Å²) in [6, 6.07) is 0. The summed E-state index contributed by atoms with van der Waals surface area (Å²) in [5.74, 6) is 1.27. The van der Waals surface area contributed by atoms with Gasteiger partial charge in [-0.05, 0) is 0 Å². The minimum atomic E-state index is -0.252. The lowest BCUT2D eigenvalue weighted by Gasteiger charge is -2.13. The molecule has 1 rings (SSSR count). The number of allylic oxidation sites excluding steroid dienone is 1. The van der Waals surface area contributed by atoms with Crippen molar-refractivity contribution in [1.82, 2.24) is 5.32 Å². The molecule has 1 fully saturated rings. The third kappa shape index (κ3) is 2.55. The second-order valence-corrected chi connectivity index (χ2v) is 5.03. The monoisotopic (exact) mass is 185 g/mol. The zero-order valence-electron chi connectivity index (χ0n) is 7.81. The van der Waals surface area contributed by atoms with Crippen molar-refractivity contribution in [3.8, 4) is 0 Å². The van der Waals surface area contributed by atoms with E-state index in [4.69, 9.17) is 0 Å². The van der Waals surface area contributed by atoms with Crippen LogP contribution in [0.25, 0.3) is 0 Å². The van der Waals surface area contributed by atoms with Crippen molar-refractivity contribution in [2.75, 3.05) is 12.3 Å². The fourth-order valence-corrected chi connectivity index (χ4v) is 1.63. The highest BCUT2D eigenvalue weighted by atomic mass is 32.2. The molecule has 68 valence electrons. The summed E-state index contributed by atoms with van der Waals surface area (Å²) in [6.07, 6.45) is 1.72. The van der Waals surface area contributed by atoms with Crippen LogP contribution in [0.4, 0.5) is 0 Å². The van der Waals surface area contributed by atoms with Gasteiger partial charge in [0.25, 0.3) is 0 Å². The van der Waals surface area contributed by atoms with Gasteiger partial charge in [-0.1, -0.05) is 20.8 Å². The van der Waals surface area contributed by atoms with E-state index in [0.29, 0.717) is 0 Å². The van der Waals surface area contributed by atoms with Gasteiger partial charge >= 0.3 is 0 Å². The highest BCUT2D eigenvalue weighted by Crippen LogP contribution is 2.21. The quantitative estimate of drug-likeness (QED) is 0.631. The second-order valence-electron chi connectivity index (χ2n) is 3.90. The number of hydrogen-bond acceptors (Lipinski definition) is 3. The van der Waals surface area contributed by atoms with Crippen molar-refractivity contribution in [1.29, 1.82) is 0 Å². The van der Waals surface area contributed by atoms with Crippen molar-refractivity contribution < 1.29 is 4.79 Å². The van der Waals surface area contributed by atoms with Crippen LogP contribution in [0.5, 0.6) is 0 Å². The standard InChI is InChI=1S/C9H15NOS/c1-9(2,3)7(11)6-8-10-4-5-12-8/h6,10H,4-5H2,1-3H3. The molecule has 0 aromatic rings. The van der Waals surface area contributed by atoms with Gasteiger partial charge in [0.2, 0.25) is 0 Å². The number of hydrogen-bond donors (Lipinski definition) is 1. The van der Waals surface area contributed by atoms with Crippen LogP contribution in [-0.2, 0) is 4.79 Å². The number of rotatable bonds is 1. The largest absolute Gasteiger partial charge is 0.379 e. The van der Waals surface area contributed by atoms with E-state index >= 15 is 0 Å². The van der Waals surface area contributed by atoms with Crippen LogP contribution < -0.4 is 5.32 Å². The molecule has 0 spiro atoms. The average Bonchev–Trinajstić information content (AvgIpc) is 2.37. The summed E-state index contributed by atoms with van der Waals surface area (Å²) in [5.41, 5.74) is -0.252. The van der Waals surface area contributed by atoms with Crippen molar-refractivity contribution in [3.05, 3.63) is 11.1 Å². The first-order valence-corrected chi connectivity index (χ1v) is 5.11. The minimum Gasteiger partial charge on any atom is -0.379 e. The Balaban J connectivity index is 2.60. The third-order valence-corrected chi connectivity index (χ3v) is 2.64. The molecule has 0 atom stereocenters. The fraction of sp³-hybridized carbons (Fsp3) is 0.667. The van der Waals surface area contributed by atoms with Gasteiger partial charge in [-0.2, -0.15) is 0 Å². The molecule has 1 heterocycles. The maximum absolute atomic E-state index is 11.5. The normalized spacial score (nSPS) is 21.1. The summed E-state index contributed by atoms with van der Waals surface area (Å²) < 4.78 is 0. The smallest absolute Gasteiger partial charge is 0.163 e. The summed E-state index contributed by atoms with van der Waals surface area (Å²) >= 11 is 1.72. The Labute approximate surface area is 77.8 Å². The van der Waals surface area contributed by atoms with Crippen molar-refractivity contribution in [2.45, 2.75) is 20.8 Å². The summed E-state index contributed by atoms with van der Waals surface area (Å²) in [7, 11) is 0. The van der Waals surface area contributed by atoms with E-state index < -0.39 is 0 Å². The SMILES string of the molecule is CC(C)(C)C(=O)C=C1NCCS1. The molecule has 3 heteroatoms. The molecule has 1 saturated heterocycles. The summed E-state index contributed by atoms with van der Waals surface area (Å²) in [5, 5.41) is 4.19. The van der Waals surface area contributed by atoms with E-state index in [0.717, 1.165) is 17.3 Å². The number of carbonyl (C=O) groups excluding carboxylic acids is 1. The molecular formula is C9H15NOS. The highest BCUT2D eigenvalue weighted by Gasteiger charge is 2.20. The lowest BCUT2D eigenvalue weighted by atomic mass is 9.91. The number of carbonyl (C=O) groups is 1. The predicted molar refractivity (Wildman–Crippen MR) is 53.0 cm³/mol. The Morgan fingerprint density at radius 2 is 2.25 bits per heavy atom. The molecule has 2 nitrogen and oxygen atoms in total. The van der Waals surface area contributed by atoms with Gasteiger partial charge in [-0.3, -0.25) is 4.79 Å². The van der Waals surface area contributed by atoms with Crippen molar-refractivity contribution >= 4 is 17.5 Å². The van der Waals surface area contributed by atoms with Crippen LogP contribution >= 0.6 is 11.8 Å². The zero-order valence-corrected chi connectivity index (χ0v) is 8.62. The number of thioether (sulfide) groups is 1. The first-order chi connectivity index (χ1) is 5.50. The third-order valence-electron chi connectivity index (χ3n) is 1.66. The van der Waals surface area contributed by atoms with Gasteiger partial charge in [-0.25, -0.2) is 0 Å². The molecule has 0 aromatic heterocycles. The first-order valence-electron chi connectivity index (χ1n) is 4.13. The molecule has 0 unspecified atom stereocenters. The molecule has 0 radical (unpaired) electrons. The maximum atomic E-state index is 11.5. The molecule has 1 aliphatic heterocycles. The van der Waals surface area contributed by atoms with Gasteiger partial charge in [0.15, 0.2) is 5.78 Å². The lowest BCUT2D eigenvalue weighted by Crippen LogP contribution is -2.19. The predicted octanol–water partition coefficient (Wildman–Crippen LogP) is 1.78. The minimum absolute atomic E-state index is 0.194. The van der Waals surface area contributed by atoms with E-state index in [-0.39, 0.29) is 11.2 Å².